The van der Waals surface area contributed by atoms with Crippen molar-refractivity contribution in [1.29, 1.82) is 0 Å². The molecule has 2 bridgehead atoms. The van der Waals surface area contributed by atoms with E-state index >= 15 is 0 Å². The van der Waals surface area contributed by atoms with E-state index in [-0.39, 0.29) is 23.3 Å². The molecule has 0 unspecified atom stereocenters. The topological polar surface area (TPSA) is 109 Å². The van der Waals surface area contributed by atoms with Crippen molar-refractivity contribution >= 4 is 23.5 Å². The van der Waals surface area contributed by atoms with Gasteiger partial charge in [0.15, 0.2) is 0 Å². The van der Waals surface area contributed by atoms with Crippen LogP contribution in [0.4, 0.5) is 5.69 Å². The molecule has 3 rings (SSSR count). The number of aliphatic carboxylic acids is 1. The van der Waals surface area contributed by atoms with Crippen LogP contribution in [-0.4, -0.2) is 17.8 Å². The number of rotatable bonds is 4. The Bertz CT molecular complexity index is 684. The monoisotopic (exact) mass is 315 g/mol. The van der Waals surface area contributed by atoms with Gasteiger partial charge in [0.2, 0.25) is 5.91 Å². The van der Waals surface area contributed by atoms with Gasteiger partial charge in [-0.1, -0.05) is 12.1 Å². The highest BCUT2D eigenvalue weighted by atomic mass is 16.4. The number of amides is 1. The Balaban J connectivity index is 1.83. The van der Waals surface area contributed by atoms with Crippen molar-refractivity contribution in [2.24, 2.45) is 23.7 Å². The molecule has 2 saturated carbocycles. The first-order chi connectivity index (χ1) is 10.9. The molecule has 0 radical (unpaired) electrons. The molecule has 2 aliphatic carbocycles. The molecule has 2 fully saturated rings. The second-order valence-corrected chi connectivity index (χ2v) is 6.51. The number of carbonyl (C=O) groups is 3. The third-order valence-electron chi connectivity index (χ3n) is 5.22. The largest absolute Gasteiger partial charge is 0.550 e. The third-order valence-corrected chi connectivity index (χ3v) is 5.22. The summed E-state index contributed by atoms with van der Waals surface area (Å²) < 4.78 is 0. The highest BCUT2D eigenvalue weighted by molar-refractivity contribution is 5.97. The summed E-state index contributed by atoms with van der Waals surface area (Å²) in [7, 11) is 0. The van der Waals surface area contributed by atoms with E-state index in [4.69, 9.17) is 0 Å². The quantitative estimate of drug-likeness (QED) is 0.821. The van der Waals surface area contributed by atoms with E-state index in [0.29, 0.717) is 11.3 Å². The number of carboxylic acids is 2. The lowest BCUT2D eigenvalue weighted by molar-refractivity contribution is -0.314. The first-order valence-electron chi connectivity index (χ1n) is 7.72. The summed E-state index contributed by atoms with van der Waals surface area (Å²) in [5, 5.41) is 25.0. The van der Waals surface area contributed by atoms with Crippen molar-refractivity contribution in [2.45, 2.75) is 26.2 Å². The molecule has 1 aromatic rings. The van der Waals surface area contributed by atoms with Gasteiger partial charge in [0.25, 0.3) is 0 Å². The van der Waals surface area contributed by atoms with E-state index in [1.54, 1.807) is 13.0 Å². The fourth-order valence-corrected chi connectivity index (χ4v) is 4.11. The number of fused-ring (bicyclic) bond motifs is 2. The van der Waals surface area contributed by atoms with Crippen LogP contribution in [0.15, 0.2) is 18.2 Å². The van der Waals surface area contributed by atoms with Gasteiger partial charge < -0.3 is 25.1 Å². The van der Waals surface area contributed by atoms with Crippen LogP contribution in [0.3, 0.4) is 0 Å². The van der Waals surface area contributed by atoms with Gasteiger partial charge in [-0.05, 0) is 55.2 Å². The molecule has 23 heavy (non-hydrogen) atoms. The number of anilines is 1. The maximum Gasteiger partial charge on any atom is 0.228 e. The van der Waals surface area contributed by atoms with E-state index < -0.39 is 23.8 Å². The van der Waals surface area contributed by atoms with Crippen LogP contribution < -0.4 is 15.5 Å². The summed E-state index contributed by atoms with van der Waals surface area (Å²) in [6.07, 6.45) is 2.42. The van der Waals surface area contributed by atoms with Gasteiger partial charge in [-0.15, -0.1) is 0 Å². The van der Waals surface area contributed by atoms with E-state index in [1.807, 2.05) is 0 Å². The Morgan fingerprint density at radius 1 is 1.09 bits per heavy atom. The average molecular weight is 315 g/mol. The van der Waals surface area contributed by atoms with Gasteiger partial charge >= 0.3 is 0 Å². The first-order valence-corrected chi connectivity index (χ1v) is 7.72. The number of aromatic carboxylic acids is 1. The Kier molecular flexibility index (Phi) is 3.83. The number of carboxylic acid groups (broad SMARTS) is 2. The summed E-state index contributed by atoms with van der Waals surface area (Å²) >= 11 is 0. The number of nitrogens with one attached hydrogen (secondary N) is 1. The molecule has 0 spiro atoms. The van der Waals surface area contributed by atoms with Crippen LogP contribution in [-0.2, 0) is 9.59 Å². The third kappa shape index (κ3) is 2.69. The molecule has 1 amide bonds. The molecule has 1 N–H and O–H groups in total. The second kappa shape index (κ2) is 5.68. The fraction of sp³-hybridized carbons (Fsp3) is 0.471. The van der Waals surface area contributed by atoms with Crippen LogP contribution in [0.25, 0.3) is 0 Å². The Morgan fingerprint density at radius 2 is 1.74 bits per heavy atom. The van der Waals surface area contributed by atoms with Crippen LogP contribution >= 0.6 is 0 Å². The van der Waals surface area contributed by atoms with E-state index in [0.717, 1.165) is 19.3 Å². The molecule has 1 aromatic carbocycles. The Morgan fingerprint density at radius 3 is 2.35 bits per heavy atom. The summed E-state index contributed by atoms with van der Waals surface area (Å²) in [6, 6.07) is 4.32. The zero-order valence-corrected chi connectivity index (χ0v) is 12.7. The molecule has 0 aromatic heterocycles. The zero-order valence-electron chi connectivity index (χ0n) is 12.7. The van der Waals surface area contributed by atoms with Gasteiger partial charge in [-0.2, -0.15) is 0 Å². The predicted octanol–water partition coefficient (Wildman–Crippen LogP) is -0.291. The molecule has 6 heteroatoms. The van der Waals surface area contributed by atoms with Crippen LogP contribution in [0.2, 0.25) is 0 Å². The minimum atomic E-state index is -1.33. The molecular formula is C17H17NO5-2. The van der Waals surface area contributed by atoms with Crippen molar-refractivity contribution in [3.05, 3.63) is 29.3 Å². The molecule has 0 saturated heterocycles. The van der Waals surface area contributed by atoms with E-state index in [2.05, 4.69) is 5.32 Å². The molecule has 6 nitrogen and oxygen atoms in total. The van der Waals surface area contributed by atoms with Gasteiger partial charge in [-0.25, -0.2) is 0 Å². The number of aryl methyl sites for hydroxylation is 1. The Labute approximate surface area is 133 Å². The fourth-order valence-electron chi connectivity index (χ4n) is 4.11. The number of carbonyl (C=O) groups excluding carboxylic acids is 3. The standard InChI is InChI=1S/C17H19NO5/c1-8-2-3-11(16(20)21)7-12(8)18-15(19)13-9-4-5-10(6-9)14(13)17(22)23/h2-3,7,9-10,13-14H,4-6H2,1H3,(H,18,19)(H,20,21)(H,22,23)/p-2/t9-,10-,13+,14-/m0/s1. The molecule has 0 heterocycles. The summed E-state index contributed by atoms with van der Waals surface area (Å²) in [5.41, 5.74) is 1.04. The number of hydrogen-bond donors (Lipinski definition) is 1. The maximum absolute atomic E-state index is 12.6. The number of benzene rings is 1. The van der Waals surface area contributed by atoms with Crippen molar-refractivity contribution < 1.29 is 24.6 Å². The van der Waals surface area contributed by atoms with E-state index in [9.17, 15) is 24.6 Å². The molecule has 2 aliphatic rings. The highest BCUT2D eigenvalue weighted by Crippen LogP contribution is 2.52. The lowest BCUT2D eigenvalue weighted by Crippen LogP contribution is -2.44. The van der Waals surface area contributed by atoms with Gasteiger partial charge in [-0.3, -0.25) is 4.79 Å². The average Bonchev–Trinajstić information content (AvgIpc) is 3.09. The Hall–Kier alpha value is -2.37. The van der Waals surface area contributed by atoms with Gasteiger partial charge in [0.1, 0.15) is 0 Å². The molecule has 122 valence electrons. The lowest BCUT2D eigenvalue weighted by Gasteiger charge is -2.31. The minimum Gasteiger partial charge on any atom is -0.550 e. The summed E-state index contributed by atoms with van der Waals surface area (Å²) in [6.45, 7) is 1.74. The highest BCUT2D eigenvalue weighted by Gasteiger charge is 2.51. The van der Waals surface area contributed by atoms with Gasteiger partial charge in [0, 0.05) is 23.5 Å². The summed E-state index contributed by atoms with van der Waals surface area (Å²) in [5.74, 6) is -4.15. The van der Waals surface area contributed by atoms with Crippen molar-refractivity contribution in [3.8, 4) is 0 Å². The SMILES string of the molecule is Cc1ccc(C(=O)[O-])cc1NC(=O)[C@@H]1[C@H]2CC[C@@H](C2)[C@@H]1C(=O)[O-]. The second-order valence-electron chi connectivity index (χ2n) is 6.51. The summed E-state index contributed by atoms with van der Waals surface area (Å²) in [4.78, 5) is 34.9. The first kappa shape index (κ1) is 15.5. The molecular weight excluding hydrogens is 298 g/mol. The normalized spacial score (nSPS) is 28.6. The van der Waals surface area contributed by atoms with Crippen LogP contribution in [0, 0.1) is 30.6 Å². The lowest BCUT2D eigenvalue weighted by atomic mass is 9.78. The zero-order chi connectivity index (χ0) is 16.7. The molecule has 0 aliphatic heterocycles. The minimum absolute atomic E-state index is 0.0106. The number of hydrogen-bond acceptors (Lipinski definition) is 5. The predicted molar refractivity (Wildman–Crippen MR) is 77.0 cm³/mol. The van der Waals surface area contributed by atoms with Gasteiger partial charge in [0.05, 0.1) is 5.97 Å². The van der Waals surface area contributed by atoms with E-state index in [1.165, 1.54) is 12.1 Å². The van der Waals surface area contributed by atoms with Crippen molar-refractivity contribution in [2.75, 3.05) is 5.32 Å². The van der Waals surface area contributed by atoms with Crippen LogP contribution in [0.5, 0.6) is 0 Å². The van der Waals surface area contributed by atoms with Crippen molar-refractivity contribution in [1.82, 2.24) is 0 Å². The smallest absolute Gasteiger partial charge is 0.228 e. The van der Waals surface area contributed by atoms with Crippen molar-refractivity contribution in [3.63, 3.8) is 0 Å². The molecule has 4 atom stereocenters. The maximum atomic E-state index is 12.6. The van der Waals surface area contributed by atoms with Crippen LogP contribution in [0.1, 0.15) is 35.2 Å².